The average Bonchev–Trinajstić information content (AvgIpc) is 0.772. The third kappa shape index (κ3) is 21.5. The fourth-order valence-corrected chi connectivity index (χ4v) is 18.2. The molecule has 752 valence electrons. The van der Waals surface area contributed by atoms with Gasteiger partial charge in [-0.15, -0.1) is 0 Å². The third-order valence-electron chi connectivity index (χ3n) is 25.9. The molecule has 12 rings (SSSR count). The van der Waals surface area contributed by atoms with Gasteiger partial charge in [0.1, 0.15) is 238 Å². The van der Waals surface area contributed by atoms with Crippen LogP contribution >= 0.6 is 0 Å². The molecule has 130 heavy (non-hydrogen) atoms. The Morgan fingerprint density at radius 3 is 0.692 bits per heavy atom. The van der Waals surface area contributed by atoms with E-state index in [9.17, 15) is 179 Å². The molecule has 12 aliphatic rings. The maximum absolute atomic E-state index is 11.7. The van der Waals surface area contributed by atoms with Crippen molar-refractivity contribution in [2.24, 2.45) is 0 Å². The molecular formula is C75H125N3O52. The van der Waals surface area contributed by atoms with E-state index in [4.69, 9.17) is 80.5 Å². The lowest BCUT2D eigenvalue weighted by Gasteiger charge is -2.49. The van der Waals surface area contributed by atoms with Gasteiger partial charge < -0.3 is 275 Å². The van der Waals surface area contributed by atoms with Gasteiger partial charge in [0.2, 0.25) is 0 Å². The highest BCUT2D eigenvalue weighted by Gasteiger charge is 2.61. The summed E-state index contributed by atoms with van der Waals surface area (Å²) in [6.45, 7) is -4.55. The summed E-state index contributed by atoms with van der Waals surface area (Å²) in [4.78, 5) is 0. The van der Waals surface area contributed by atoms with Crippen LogP contribution in [0.25, 0.3) is 0 Å². The zero-order chi connectivity index (χ0) is 95.3. The van der Waals surface area contributed by atoms with Crippen molar-refractivity contribution in [3.63, 3.8) is 0 Å². The third-order valence-corrected chi connectivity index (χ3v) is 25.9. The predicted octanol–water partition coefficient (Wildman–Crippen LogP) is -23.6. The molecule has 0 bridgehead atoms. The molecule has 55 heteroatoms. The molecule has 0 aromatic carbocycles. The summed E-state index contributed by atoms with van der Waals surface area (Å²) in [5.41, 5.74) is -0.495. The van der Waals surface area contributed by atoms with Gasteiger partial charge in [-0.3, -0.25) is 0 Å². The molecule has 0 aromatic heterocycles. The number of ether oxygens (including phenoxy) is 17. The first kappa shape index (κ1) is 106. The van der Waals surface area contributed by atoms with Crippen molar-refractivity contribution in [2.75, 3.05) is 59.5 Å². The first-order chi connectivity index (χ1) is 61.6. The van der Waals surface area contributed by atoms with Crippen LogP contribution < -0.4 is 16.0 Å². The van der Waals surface area contributed by atoms with Crippen molar-refractivity contribution in [3.8, 4) is 0 Å². The minimum absolute atomic E-state index is 0.0485. The van der Waals surface area contributed by atoms with Crippen molar-refractivity contribution in [3.05, 3.63) is 34.9 Å². The Bertz CT molecular complexity index is 3610. The lowest BCUT2D eigenvalue weighted by atomic mass is 9.86. The normalized spacial score (nSPS) is 52.9. The van der Waals surface area contributed by atoms with E-state index in [0.717, 1.165) is 12.2 Å². The van der Waals surface area contributed by atoms with Gasteiger partial charge in [-0.25, -0.2) is 0 Å². The van der Waals surface area contributed by atoms with Gasteiger partial charge in [0.05, 0.1) is 114 Å². The minimum Gasteiger partial charge on any atom is -0.394 e. The maximum atomic E-state index is 11.7. The summed E-state index contributed by atoms with van der Waals surface area (Å²) in [5.74, 6) is 0. The molecule has 0 amide bonds. The van der Waals surface area contributed by atoms with Gasteiger partial charge in [-0.05, 0) is 37.5 Å². The topological polar surface area (TPSA) is 901 Å². The molecule has 3 aliphatic carbocycles. The summed E-state index contributed by atoms with van der Waals surface area (Å²) in [6, 6.07) is -8.16. The van der Waals surface area contributed by atoms with E-state index in [0.29, 0.717) is 0 Å². The largest absolute Gasteiger partial charge is 0.394 e. The lowest BCUT2D eigenvalue weighted by Crippen LogP contribution is -2.69. The smallest absolute Gasteiger partial charge is 0.189 e. The number of hydrogen-bond donors (Lipinski definition) is 38. The highest BCUT2D eigenvalue weighted by Crippen LogP contribution is 2.41. The molecule has 0 aromatic rings. The number of aliphatic hydroxyl groups excluding tert-OH is 35. The quantitative estimate of drug-likeness (QED) is 0.0287. The number of aliphatic hydroxyl groups is 35. The minimum atomic E-state index is -2.23. The molecule has 2 unspecified atom stereocenters. The van der Waals surface area contributed by atoms with Crippen molar-refractivity contribution in [1.82, 2.24) is 16.0 Å². The second-order valence-electron chi connectivity index (χ2n) is 34.3. The lowest BCUT2D eigenvalue weighted by molar-refractivity contribution is -0.399. The van der Waals surface area contributed by atoms with Crippen LogP contribution in [0.4, 0.5) is 0 Å². The molecule has 9 heterocycles. The molecule has 0 saturated carbocycles. The van der Waals surface area contributed by atoms with Crippen LogP contribution in [0, 0.1) is 0 Å². The number of hydrogen-bond acceptors (Lipinski definition) is 55. The summed E-state index contributed by atoms with van der Waals surface area (Å²) in [7, 11) is 0. The SMILES string of the molecule is C[C@H]1O[C@H](O[C@H]2[C@H](O)[C@@H](O)[C@@H](O[C@H]3[C@H](O)[C@@H](O)[C@@H](O[C@H]4[C@H](O)[C@@H](O)[C@@H](O[C@H]5O[C@H](CO)[C@@H](O)[C@H](O)[C@H]5O)O[C@@H]4CO)O[C@@H]3CO)O[C@@H]2CO)[C@H](O)[C@@H](O)[C@@H]1N[C@H]1C=C(CO)[C@@H](O[C@H]2O[C@H](CO)[C@@H](O[C@H]3O[C@H](C)[C@@H](NC4C=C(CO)[C@@H](O[C@H]5O[C@H](CO)[C@@H](O[C@H]6O[C@H](C)[C@@H](NC7C=C(CO)[C@@H](O)[C@H](O)[C@H]7O)[C@H](O)[C@H]6O)[C@H](O)[C@H]5O)[C@H](O)[C@H]4O)[C@H](O)[C@H]3O)[C@H](O)[C@H]2O)[C@H](O)[C@H]1O. The summed E-state index contributed by atoms with van der Waals surface area (Å²) >= 11 is 0. The fraction of sp³-hybridized carbons (Fsp3) is 0.920. The van der Waals surface area contributed by atoms with Crippen LogP contribution in [0.2, 0.25) is 0 Å². The van der Waals surface area contributed by atoms with Crippen LogP contribution in [-0.4, -0.2) is 587 Å². The van der Waals surface area contributed by atoms with Crippen LogP contribution in [0.5, 0.6) is 0 Å². The number of rotatable bonds is 31. The molecule has 38 N–H and O–H groups in total. The highest BCUT2D eigenvalue weighted by molar-refractivity contribution is 5.26. The van der Waals surface area contributed by atoms with Crippen molar-refractivity contribution in [1.29, 1.82) is 0 Å². The molecule has 55 nitrogen and oxygen atoms in total. The second kappa shape index (κ2) is 45.1. The Hall–Kier alpha value is -2.98. The number of nitrogens with one attached hydrogen (secondary N) is 3. The molecule has 9 saturated heterocycles. The van der Waals surface area contributed by atoms with Gasteiger partial charge in [-0.2, -0.15) is 0 Å². The fourth-order valence-electron chi connectivity index (χ4n) is 18.2. The van der Waals surface area contributed by atoms with E-state index in [1.54, 1.807) is 0 Å². The zero-order valence-corrected chi connectivity index (χ0v) is 69.6. The van der Waals surface area contributed by atoms with Gasteiger partial charge >= 0.3 is 0 Å². The van der Waals surface area contributed by atoms with Crippen LogP contribution in [-0.2, 0) is 80.5 Å². The van der Waals surface area contributed by atoms with Crippen molar-refractivity contribution >= 4 is 0 Å². The molecule has 57 atom stereocenters. The van der Waals surface area contributed by atoms with Crippen LogP contribution in [0.1, 0.15) is 20.8 Å². The summed E-state index contributed by atoms with van der Waals surface area (Å²) < 4.78 is 97.6. The zero-order valence-electron chi connectivity index (χ0n) is 69.6. The van der Waals surface area contributed by atoms with Gasteiger partial charge in [0.15, 0.2) is 56.6 Å². The highest BCUT2D eigenvalue weighted by atomic mass is 16.8. The Morgan fingerprint density at radius 2 is 0.431 bits per heavy atom. The first-order valence-corrected chi connectivity index (χ1v) is 42.3. The predicted molar refractivity (Wildman–Crippen MR) is 407 cm³/mol. The molecular weight excluding hydrogens is 1770 g/mol. The van der Waals surface area contributed by atoms with Crippen LogP contribution in [0.3, 0.4) is 0 Å². The van der Waals surface area contributed by atoms with Gasteiger partial charge in [-0.1, -0.05) is 18.2 Å². The molecule has 0 radical (unpaired) electrons. The van der Waals surface area contributed by atoms with Crippen molar-refractivity contribution in [2.45, 2.75) is 370 Å². The first-order valence-electron chi connectivity index (χ1n) is 42.3. The van der Waals surface area contributed by atoms with Gasteiger partial charge in [0.25, 0.3) is 0 Å². The molecule has 0 spiro atoms. The van der Waals surface area contributed by atoms with E-state index in [1.807, 2.05) is 0 Å². The Labute approximate surface area is 737 Å². The standard InChI is InChI=1S/C75H125N3O52/c1-16-31(76-22-4-19(7-79)34(88)42(96)35(22)89)39(93)51(105)67(114-16)125-62-26(11-83)118-70(55(109)46(62)100)123-60-20(8-80)5-23(36(90)44(60)98)77-32-17(2)115-68(52(106)40(32)94)126-63-27(12-84)119-71(56(110)47(63)101)124-61-21(9-81)6-24(37(91)45(61)99)78-33-18(3)116-69(53(107)41(33)95)127-64-28(13-85)120-72(57(111)48(64)102)128-65-29(14-86)121-73(58(112)49(65)103)129-66-30(15-87)122-75(59(113)50(66)104)130-74-54(108)43(97)38(92)25(10-82)117-74/h4-6,16-18,22-113H,7-15H2,1-3H3/t16-,17-,18-,22?,23?,24+,25-,26-,27-,28-,29-,30-,31-,32-,33-,34-,35+,36+,37+,38-,39+,40+,41+,42+,43+,44-,45-,46-,47-,48-,49-,50-,51-,52-,53-,54-,55-,56-,57-,58-,59-,60-,61-,62-,63-,64-,65-,66-,67-,68-,69-,70-,71-,72-,73-,74-,75-/m1/s1. The maximum Gasteiger partial charge on any atom is 0.189 e. The summed E-state index contributed by atoms with van der Waals surface area (Å²) in [5, 5.41) is 392. The summed E-state index contributed by atoms with van der Waals surface area (Å²) in [6.07, 6.45) is -93.1. The second-order valence-corrected chi connectivity index (χ2v) is 34.3. The monoisotopic (exact) mass is 1900 g/mol. The van der Waals surface area contributed by atoms with E-state index >= 15 is 0 Å². The van der Waals surface area contributed by atoms with E-state index < -0.39 is 409 Å². The van der Waals surface area contributed by atoms with Gasteiger partial charge in [0, 0.05) is 0 Å². The Morgan fingerprint density at radius 1 is 0.215 bits per heavy atom. The Kier molecular flexibility index (Phi) is 36.7. The molecule has 9 fully saturated rings. The van der Waals surface area contributed by atoms with E-state index in [2.05, 4.69) is 16.0 Å². The Balaban J connectivity index is 0.604. The van der Waals surface area contributed by atoms with E-state index in [1.165, 1.54) is 26.8 Å². The average molecular weight is 1900 g/mol. The molecule has 9 aliphatic heterocycles. The van der Waals surface area contributed by atoms with Crippen LogP contribution in [0.15, 0.2) is 34.9 Å². The van der Waals surface area contributed by atoms with E-state index in [-0.39, 0.29) is 16.7 Å². The van der Waals surface area contributed by atoms with Crippen molar-refractivity contribution < 1.29 is 259 Å².